The van der Waals surface area contributed by atoms with Gasteiger partial charge in [-0.25, -0.2) is 9.97 Å². The molecule has 3 aromatic rings. The third-order valence-electron chi connectivity index (χ3n) is 3.18. The van der Waals surface area contributed by atoms with E-state index < -0.39 is 27.3 Å². The van der Waals surface area contributed by atoms with E-state index in [-0.39, 0.29) is 5.52 Å². The Kier molecular flexibility index (Phi) is 4.07. The lowest BCUT2D eigenvalue weighted by Gasteiger charge is -2.10. The molecule has 2 heterocycles. The smallest absolute Gasteiger partial charge is 0.376 e. The summed E-state index contributed by atoms with van der Waals surface area (Å²) in [6, 6.07) is 9.34. The van der Waals surface area contributed by atoms with E-state index in [0.29, 0.717) is 16.6 Å². The molecule has 0 saturated heterocycles. The summed E-state index contributed by atoms with van der Waals surface area (Å²) in [6.07, 6.45) is 1.25. The molecule has 0 unspecified atom stereocenters. The lowest BCUT2D eigenvalue weighted by atomic mass is 10.1. The Balaban J connectivity index is 2.00. The summed E-state index contributed by atoms with van der Waals surface area (Å²) in [5.41, 5.74) is -4.46. The Hall–Kier alpha value is -2.75. The molecule has 0 fully saturated rings. The van der Waals surface area contributed by atoms with E-state index in [4.69, 9.17) is 0 Å². The number of benzene rings is 1. The predicted molar refractivity (Wildman–Crippen MR) is 80.5 cm³/mol. The summed E-state index contributed by atoms with van der Waals surface area (Å²) < 4.78 is 76.2. The molecule has 0 aliphatic heterocycles. The number of pyridine rings is 2. The zero-order valence-corrected chi connectivity index (χ0v) is 13.0. The molecule has 0 amide bonds. The van der Waals surface area contributed by atoms with Crippen LogP contribution >= 0.6 is 0 Å². The maximum absolute atomic E-state index is 12.9. The van der Waals surface area contributed by atoms with Crippen molar-refractivity contribution < 1.29 is 30.2 Å². The van der Waals surface area contributed by atoms with Crippen LogP contribution in [0.4, 0.5) is 17.6 Å². The largest absolute Gasteiger partial charge is 0.534 e. The number of halogens is 4. The average molecular weight is 372 g/mol. The van der Waals surface area contributed by atoms with Crippen molar-refractivity contribution in [2.75, 3.05) is 0 Å². The molecule has 25 heavy (non-hydrogen) atoms. The molecule has 0 N–H and O–H groups in total. The van der Waals surface area contributed by atoms with Crippen LogP contribution in [0.15, 0.2) is 48.7 Å². The number of rotatable bonds is 3. The Bertz CT molecular complexity index is 1030. The highest BCUT2D eigenvalue weighted by molar-refractivity contribution is 7.88. The molecule has 0 radical (unpaired) electrons. The number of nitrogens with zero attached hydrogens (tertiary/aromatic N) is 2. The quantitative estimate of drug-likeness (QED) is 0.304. The number of hydrogen-bond acceptors (Lipinski definition) is 5. The second kappa shape index (κ2) is 5.96. The van der Waals surface area contributed by atoms with Crippen molar-refractivity contribution >= 4 is 21.0 Å². The highest BCUT2D eigenvalue weighted by Crippen LogP contribution is 2.29. The van der Waals surface area contributed by atoms with Crippen molar-refractivity contribution in [1.29, 1.82) is 0 Å². The topological polar surface area (TPSA) is 69.2 Å². The van der Waals surface area contributed by atoms with Crippen LogP contribution in [0.5, 0.6) is 5.75 Å². The Morgan fingerprint density at radius 1 is 1.00 bits per heavy atom. The molecular formula is C15H8F4N2O3S. The summed E-state index contributed by atoms with van der Waals surface area (Å²) >= 11 is 0. The summed E-state index contributed by atoms with van der Waals surface area (Å²) in [4.78, 5) is 7.70. The third kappa shape index (κ3) is 3.53. The van der Waals surface area contributed by atoms with Crippen LogP contribution in [0.2, 0.25) is 0 Å². The van der Waals surface area contributed by atoms with Crippen LogP contribution in [0, 0.1) is 5.95 Å². The molecule has 2 aromatic heterocycles. The van der Waals surface area contributed by atoms with Crippen molar-refractivity contribution in [2.45, 2.75) is 5.51 Å². The second-order valence-electron chi connectivity index (χ2n) is 4.90. The molecule has 3 rings (SSSR count). The minimum atomic E-state index is -5.77. The third-order valence-corrected chi connectivity index (χ3v) is 4.15. The average Bonchev–Trinajstić information content (AvgIpc) is 2.53. The first-order valence-electron chi connectivity index (χ1n) is 6.69. The van der Waals surface area contributed by atoms with Gasteiger partial charge in [-0.1, -0.05) is 6.07 Å². The van der Waals surface area contributed by atoms with Crippen LogP contribution in [0.1, 0.15) is 0 Å². The highest BCUT2D eigenvalue weighted by atomic mass is 32.2. The first kappa shape index (κ1) is 17.1. The summed E-state index contributed by atoms with van der Waals surface area (Å²) in [6.45, 7) is 0. The van der Waals surface area contributed by atoms with Crippen LogP contribution in [-0.4, -0.2) is 23.9 Å². The van der Waals surface area contributed by atoms with Gasteiger partial charge in [0, 0.05) is 23.2 Å². The van der Waals surface area contributed by atoms with Gasteiger partial charge in [0.25, 0.3) is 0 Å². The lowest BCUT2D eigenvalue weighted by molar-refractivity contribution is -0.0500. The normalized spacial score (nSPS) is 12.3. The van der Waals surface area contributed by atoms with E-state index >= 15 is 0 Å². The summed E-state index contributed by atoms with van der Waals surface area (Å²) in [5.74, 6) is -1.19. The van der Waals surface area contributed by atoms with E-state index in [1.807, 2.05) is 0 Å². The van der Waals surface area contributed by atoms with Gasteiger partial charge in [0.15, 0.2) is 0 Å². The van der Waals surface area contributed by atoms with E-state index in [2.05, 4.69) is 14.2 Å². The van der Waals surface area contributed by atoms with Gasteiger partial charge in [0.1, 0.15) is 5.75 Å². The first-order chi connectivity index (χ1) is 11.7. The van der Waals surface area contributed by atoms with Gasteiger partial charge in [-0.15, -0.1) is 0 Å². The fourth-order valence-corrected chi connectivity index (χ4v) is 2.46. The number of fused-ring (bicyclic) bond motifs is 1. The standard InChI is InChI=1S/C15H8F4N2O3S/c16-14-6-3-10(8-20-14)12-5-2-9-1-4-11(7-13(9)21-12)24-25(22,23)15(17,18)19/h1-8H. The van der Waals surface area contributed by atoms with E-state index in [1.54, 1.807) is 12.1 Å². The molecule has 0 spiro atoms. The van der Waals surface area contributed by atoms with Gasteiger partial charge >= 0.3 is 15.6 Å². The minimum Gasteiger partial charge on any atom is -0.376 e. The Morgan fingerprint density at radius 3 is 2.36 bits per heavy atom. The van der Waals surface area contributed by atoms with Crippen LogP contribution in [-0.2, 0) is 10.1 Å². The molecule has 0 bridgehead atoms. The van der Waals surface area contributed by atoms with Gasteiger partial charge < -0.3 is 4.18 Å². The Morgan fingerprint density at radius 2 is 1.72 bits per heavy atom. The molecule has 0 saturated carbocycles. The maximum atomic E-state index is 12.9. The summed E-state index contributed by atoms with van der Waals surface area (Å²) in [7, 11) is -5.77. The first-order valence-corrected chi connectivity index (χ1v) is 8.10. The molecule has 10 heteroatoms. The van der Waals surface area contributed by atoms with Crippen LogP contribution < -0.4 is 4.18 Å². The fraction of sp³-hybridized carbons (Fsp3) is 0.0667. The van der Waals surface area contributed by atoms with Gasteiger partial charge in [-0.05, 0) is 30.3 Å². The van der Waals surface area contributed by atoms with Gasteiger partial charge in [-0.2, -0.15) is 26.0 Å². The molecule has 5 nitrogen and oxygen atoms in total. The van der Waals surface area contributed by atoms with E-state index in [1.165, 1.54) is 18.3 Å². The molecule has 0 aliphatic rings. The van der Waals surface area contributed by atoms with Crippen LogP contribution in [0.3, 0.4) is 0 Å². The number of hydrogen-bond donors (Lipinski definition) is 0. The van der Waals surface area contributed by atoms with E-state index in [0.717, 1.165) is 18.2 Å². The molecule has 0 aliphatic carbocycles. The van der Waals surface area contributed by atoms with Gasteiger partial charge in [0.2, 0.25) is 5.95 Å². The van der Waals surface area contributed by atoms with E-state index in [9.17, 15) is 26.0 Å². The van der Waals surface area contributed by atoms with Crippen molar-refractivity contribution in [3.05, 3.63) is 54.6 Å². The molecule has 1 aromatic carbocycles. The number of aromatic nitrogens is 2. The minimum absolute atomic E-state index is 0.205. The van der Waals surface area contributed by atoms with Crippen molar-refractivity contribution in [1.82, 2.24) is 9.97 Å². The zero-order chi connectivity index (χ0) is 18.2. The molecule has 0 atom stereocenters. The molecule has 130 valence electrons. The summed E-state index contributed by atoms with van der Waals surface area (Å²) in [5, 5.41) is 0.551. The van der Waals surface area contributed by atoms with Crippen molar-refractivity contribution in [3.63, 3.8) is 0 Å². The predicted octanol–water partition coefficient (Wildman–Crippen LogP) is 3.66. The second-order valence-corrected chi connectivity index (χ2v) is 6.44. The van der Waals surface area contributed by atoms with Crippen molar-refractivity contribution in [2.24, 2.45) is 0 Å². The highest BCUT2D eigenvalue weighted by Gasteiger charge is 2.48. The van der Waals surface area contributed by atoms with Crippen LogP contribution in [0.25, 0.3) is 22.2 Å². The molecular weight excluding hydrogens is 364 g/mol. The zero-order valence-electron chi connectivity index (χ0n) is 12.2. The van der Waals surface area contributed by atoms with Gasteiger partial charge in [0.05, 0.1) is 11.2 Å². The van der Waals surface area contributed by atoms with Gasteiger partial charge in [-0.3, -0.25) is 0 Å². The Labute approximate surface area is 139 Å². The fourth-order valence-electron chi connectivity index (χ4n) is 2.01. The maximum Gasteiger partial charge on any atom is 0.534 e. The monoisotopic (exact) mass is 372 g/mol. The lowest BCUT2D eigenvalue weighted by Crippen LogP contribution is -2.28. The SMILES string of the molecule is O=S(=O)(Oc1ccc2ccc(-c3ccc(F)nc3)nc2c1)C(F)(F)F. The number of alkyl halides is 3. The van der Waals surface area contributed by atoms with Crippen molar-refractivity contribution in [3.8, 4) is 17.0 Å².